The summed E-state index contributed by atoms with van der Waals surface area (Å²) in [7, 11) is 0. The Morgan fingerprint density at radius 1 is 0.469 bits per heavy atom. The normalized spacial score (nSPS) is 12.1. The molecule has 0 spiro atoms. The van der Waals surface area contributed by atoms with Crippen LogP contribution in [0, 0.1) is 0 Å². The molecule has 9 rings (SSSR count). The number of aromatic nitrogens is 1. The van der Waals surface area contributed by atoms with E-state index in [9.17, 15) is 0 Å². The van der Waals surface area contributed by atoms with Crippen molar-refractivity contribution in [3.63, 3.8) is 0 Å². The molecule has 8 aromatic carbocycles. The predicted molar refractivity (Wildman–Crippen MR) is 210 cm³/mol. The average Bonchev–Trinajstić information content (AvgIpc) is 3.50. The average molecular weight is 627 g/mol. The van der Waals surface area contributed by atoms with Crippen LogP contribution in [0.3, 0.4) is 0 Å². The van der Waals surface area contributed by atoms with Gasteiger partial charge in [-0.1, -0.05) is 146 Å². The highest BCUT2D eigenvalue weighted by molar-refractivity contribution is 6.23. The molecule has 0 atom stereocenters. The van der Waals surface area contributed by atoms with Crippen molar-refractivity contribution < 1.29 is 0 Å². The van der Waals surface area contributed by atoms with Gasteiger partial charge in [-0.05, 0) is 97.7 Å². The lowest BCUT2D eigenvalue weighted by Gasteiger charge is -2.18. The first kappa shape index (κ1) is 28.8. The van der Waals surface area contributed by atoms with Gasteiger partial charge in [0, 0.05) is 21.8 Å². The van der Waals surface area contributed by atoms with E-state index in [-0.39, 0.29) is 0 Å². The Hall–Kier alpha value is -6.38. The van der Waals surface area contributed by atoms with E-state index in [1.165, 1.54) is 81.9 Å². The molecule has 0 fully saturated rings. The molecule has 0 aliphatic rings. The summed E-state index contributed by atoms with van der Waals surface area (Å²) in [5, 5.41) is 10.1. The first-order valence-corrected chi connectivity index (χ1v) is 16.9. The number of hydrogen-bond acceptors (Lipinski definition) is 1. The van der Waals surface area contributed by atoms with Gasteiger partial charge in [-0.25, -0.2) is 0 Å². The minimum atomic E-state index is 0.839. The Kier molecular flexibility index (Phi) is 7.06. The molecule has 9 aromatic rings. The number of fused-ring (bicyclic) bond motifs is 7. The van der Waals surface area contributed by atoms with Crippen molar-refractivity contribution in [1.82, 2.24) is 4.57 Å². The molecule has 2 nitrogen and oxygen atoms in total. The van der Waals surface area contributed by atoms with Gasteiger partial charge in [0.15, 0.2) is 0 Å². The quantitative estimate of drug-likeness (QED) is 0.144. The summed E-state index contributed by atoms with van der Waals surface area (Å²) in [6.45, 7) is 0. The Morgan fingerprint density at radius 2 is 1.06 bits per heavy atom. The van der Waals surface area contributed by atoms with Crippen molar-refractivity contribution in [2.45, 2.75) is 6.42 Å². The van der Waals surface area contributed by atoms with Crippen LogP contribution in [0.4, 0.5) is 0 Å². The summed E-state index contributed by atoms with van der Waals surface area (Å²) in [5.41, 5.74) is 15.4. The maximum Gasteiger partial charge on any atom is 0.0619 e. The molecule has 0 radical (unpaired) electrons. The van der Waals surface area contributed by atoms with Gasteiger partial charge in [0.2, 0.25) is 0 Å². The Morgan fingerprint density at radius 3 is 1.73 bits per heavy atom. The smallest absolute Gasteiger partial charge is 0.0619 e. The first-order chi connectivity index (χ1) is 24.3. The fourth-order valence-electron chi connectivity index (χ4n) is 7.71. The van der Waals surface area contributed by atoms with Gasteiger partial charge in [0.1, 0.15) is 0 Å². The third kappa shape index (κ3) is 4.80. The summed E-state index contributed by atoms with van der Waals surface area (Å²) < 4.78 is 2.44. The molecule has 0 saturated carbocycles. The van der Waals surface area contributed by atoms with E-state index in [0.717, 1.165) is 12.1 Å². The van der Waals surface area contributed by atoms with Crippen LogP contribution in [0.1, 0.15) is 5.56 Å². The third-order valence-corrected chi connectivity index (χ3v) is 9.82. The maximum atomic E-state index is 5.54. The second kappa shape index (κ2) is 12.0. The molecular formula is C47H34N2. The van der Waals surface area contributed by atoms with Gasteiger partial charge in [-0.3, -0.25) is 0 Å². The third-order valence-electron chi connectivity index (χ3n) is 9.82. The van der Waals surface area contributed by atoms with E-state index in [1.807, 2.05) is 12.2 Å². The molecule has 0 bridgehead atoms. The second-order valence-corrected chi connectivity index (χ2v) is 12.6. The zero-order valence-corrected chi connectivity index (χ0v) is 27.1. The molecular weight excluding hydrogens is 593 g/mol. The second-order valence-electron chi connectivity index (χ2n) is 12.6. The van der Waals surface area contributed by atoms with Crippen LogP contribution in [-0.4, -0.2) is 4.57 Å². The van der Waals surface area contributed by atoms with Gasteiger partial charge in [-0.2, -0.15) is 0 Å². The van der Waals surface area contributed by atoms with Gasteiger partial charge in [-0.15, -0.1) is 0 Å². The van der Waals surface area contributed by atoms with Crippen molar-refractivity contribution in [1.29, 1.82) is 0 Å². The minimum absolute atomic E-state index is 0.839. The van der Waals surface area contributed by atoms with Crippen LogP contribution in [0.2, 0.25) is 0 Å². The van der Waals surface area contributed by atoms with Gasteiger partial charge < -0.3 is 10.3 Å². The summed E-state index contributed by atoms with van der Waals surface area (Å²) in [6, 6.07) is 57.8. The summed E-state index contributed by atoms with van der Waals surface area (Å²) >= 11 is 0. The van der Waals surface area contributed by atoms with Gasteiger partial charge in [0.25, 0.3) is 0 Å². The maximum absolute atomic E-state index is 5.54. The van der Waals surface area contributed by atoms with E-state index >= 15 is 0 Å². The topological polar surface area (TPSA) is 30.9 Å². The van der Waals surface area contributed by atoms with Crippen LogP contribution < -0.4 is 5.73 Å². The number of hydrogen-bond donors (Lipinski definition) is 1. The van der Waals surface area contributed by atoms with Crippen molar-refractivity contribution in [2.75, 3.05) is 0 Å². The summed E-state index contributed by atoms with van der Waals surface area (Å²) in [4.78, 5) is 0. The lowest BCUT2D eigenvalue weighted by Crippen LogP contribution is -1.95. The number of benzene rings is 8. The SMILES string of the molecule is N/C=C\C=C/Cc1ccc2c3ccc4cc(-c5c6ccccc6c(-c6ccccc6)c6ccccc56)ccc4c3n(-c3ccccc3)c2c1. The minimum Gasteiger partial charge on any atom is -0.405 e. The molecule has 0 saturated heterocycles. The number of nitrogens with zero attached hydrogens (tertiary/aromatic N) is 1. The van der Waals surface area contributed by atoms with E-state index in [4.69, 9.17) is 5.73 Å². The van der Waals surface area contributed by atoms with E-state index in [2.05, 4.69) is 168 Å². The molecule has 2 heteroatoms. The predicted octanol–water partition coefficient (Wildman–Crippen LogP) is 12.1. The Labute approximate surface area is 285 Å². The molecule has 0 unspecified atom stereocenters. The van der Waals surface area contributed by atoms with Crippen LogP contribution in [-0.2, 0) is 6.42 Å². The standard InChI is InChI=1S/C47H34N2/c48-29-13-3-4-14-32-23-26-38-43-28-24-34-31-35(25-27-37(34)47(43)49(44(38)30-32)36-17-7-2-8-18-36)46-41-21-11-9-19-39(41)45(33-15-5-1-6-16-33)40-20-10-12-22-42(40)46/h1-13,15-31H,14,48H2/b4-3-,29-13-. The number of para-hydroxylation sites is 1. The Balaban J connectivity index is 1.30. The monoisotopic (exact) mass is 626 g/mol. The molecule has 1 heterocycles. The zero-order chi connectivity index (χ0) is 32.7. The molecule has 0 aliphatic carbocycles. The van der Waals surface area contributed by atoms with E-state index < -0.39 is 0 Å². The van der Waals surface area contributed by atoms with Crippen LogP contribution in [0.15, 0.2) is 182 Å². The van der Waals surface area contributed by atoms with Gasteiger partial charge >= 0.3 is 0 Å². The highest BCUT2D eigenvalue weighted by Gasteiger charge is 2.19. The van der Waals surface area contributed by atoms with Crippen LogP contribution in [0.5, 0.6) is 0 Å². The highest BCUT2D eigenvalue weighted by Crippen LogP contribution is 2.45. The van der Waals surface area contributed by atoms with Crippen molar-refractivity contribution in [3.05, 3.63) is 188 Å². The van der Waals surface area contributed by atoms with Gasteiger partial charge in [0.05, 0.1) is 11.0 Å². The lowest BCUT2D eigenvalue weighted by atomic mass is 9.85. The first-order valence-electron chi connectivity index (χ1n) is 16.9. The number of allylic oxidation sites excluding steroid dienone is 3. The summed E-state index contributed by atoms with van der Waals surface area (Å²) in [6.07, 6.45) is 8.42. The van der Waals surface area contributed by atoms with E-state index in [1.54, 1.807) is 6.20 Å². The van der Waals surface area contributed by atoms with Crippen LogP contribution in [0.25, 0.3) is 82.1 Å². The van der Waals surface area contributed by atoms with Crippen LogP contribution >= 0.6 is 0 Å². The number of nitrogens with two attached hydrogens (primary N) is 1. The molecule has 1 aromatic heterocycles. The Bertz CT molecular complexity index is 2670. The molecule has 2 N–H and O–H groups in total. The fraction of sp³-hybridized carbons (Fsp3) is 0.0213. The largest absolute Gasteiger partial charge is 0.405 e. The molecule has 0 aliphatic heterocycles. The fourth-order valence-corrected chi connectivity index (χ4v) is 7.71. The molecule has 0 amide bonds. The molecule has 49 heavy (non-hydrogen) atoms. The number of rotatable bonds is 6. The lowest BCUT2D eigenvalue weighted by molar-refractivity contribution is 1.18. The molecule has 232 valence electrons. The van der Waals surface area contributed by atoms with Crippen molar-refractivity contribution >= 4 is 54.1 Å². The highest BCUT2D eigenvalue weighted by atomic mass is 15.0. The zero-order valence-electron chi connectivity index (χ0n) is 27.1. The summed E-state index contributed by atoms with van der Waals surface area (Å²) in [5.74, 6) is 0. The van der Waals surface area contributed by atoms with Crippen molar-refractivity contribution in [3.8, 4) is 27.9 Å². The van der Waals surface area contributed by atoms with Crippen molar-refractivity contribution in [2.24, 2.45) is 5.73 Å². The van der Waals surface area contributed by atoms with E-state index in [0.29, 0.717) is 0 Å².